The second-order valence-corrected chi connectivity index (χ2v) is 13.3. The number of thioether (sulfide) groups is 1. The Balaban J connectivity index is 1.20. The lowest BCUT2D eigenvalue weighted by molar-refractivity contribution is -0.0323. The number of phenolic OH excluding ortho intramolecular Hbond substituents is 1. The minimum Gasteiger partial charge on any atom is -0.505 e. The Bertz CT molecular complexity index is 1140. The summed E-state index contributed by atoms with van der Waals surface area (Å²) < 4.78 is 54.7. The van der Waals surface area contributed by atoms with E-state index in [-0.39, 0.29) is 24.4 Å². The van der Waals surface area contributed by atoms with Crippen molar-refractivity contribution >= 4 is 22.9 Å². The number of unbranched alkanes of at least 4 members (excludes halogenated alkanes) is 4. The monoisotopic (exact) mass is 591 g/mol. The highest BCUT2D eigenvalue weighted by Gasteiger charge is 2.34. The molecule has 0 aromatic heterocycles. The smallest absolute Gasteiger partial charge is 0.248 e. The van der Waals surface area contributed by atoms with Crippen LogP contribution in [-0.4, -0.2) is 47.1 Å². The Morgan fingerprint density at radius 1 is 0.902 bits per heavy atom. The summed E-state index contributed by atoms with van der Waals surface area (Å²) >= 11 is 1.88. The zero-order valence-electron chi connectivity index (χ0n) is 24.4. The molecular formula is C34H45F4NOS. The number of hydrogen-bond donors (Lipinski definition) is 1. The van der Waals surface area contributed by atoms with Crippen molar-refractivity contribution in [2.75, 3.05) is 25.9 Å². The van der Waals surface area contributed by atoms with Crippen LogP contribution in [0.2, 0.25) is 0 Å². The Morgan fingerprint density at radius 3 is 2.32 bits per heavy atom. The molecule has 1 saturated carbocycles. The number of aromatic hydroxyl groups is 1. The Morgan fingerprint density at radius 2 is 1.59 bits per heavy atom. The molecule has 0 heterocycles. The standard InChI is InChI=1S/C34H45F4NOS/c1-39(21-6-7-22-41-28-16-18-34(37,38)19-17-28)20-5-3-2-4-10-30-29(25-12-14-27(35)15-13-25)11-8-9-26-23-33(40)32(36)24-31(26)30/h12-15,23-24,28,40H,2-11,16-22H2,1H3. The summed E-state index contributed by atoms with van der Waals surface area (Å²) in [7, 11) is 2.17. The largest absolute Gasteiger partial charge is 0.505 e. The number of hydrogen-bond acceptors (Lipinski definition) is 3. The molecule has 1 fully saturated rings. The number of phenols is 1. The summed E-state index contributed by atoms with van der Waals surface area (Å²) in [6, 6.07) is 9.66. The number of aryl methyl sites for hydroxylation is 1. The van der Waals surface area contributed by atoms with Crippen LogP contribution in [-0.2, 0) is 6.42 Å². The fourth-order valence-electron chi connectivity index (χ4n) is 6.18. The van der Waals surface area contributed by atoms with Gasteiger partial charge in [0.25, 0.3) is 0 Å². The number of fused-ring (bicyclic) bond motifs is 1. The van der Waals surface area contributed by atoms with Gasteiger partial charge in [0, 0.05) is 18.1 Å². The summed E-state index contributed by atoms with van der Waals surface area (Å²) in [5.41, 5.74) is 5.14. The van der Waals surface area contributed by atoms with Gasteiger partial charge in [0.05, 0.1) is 0 Å². The molecule has 0 bridgehead atoms. The first kappa shape index (κ1) is 31.9. The normalized spacial score (nSPS) is 17.6. The van der Waals surface area contributed by atoms with Crippen LogP contribution in [0, 0.1) is 11.6 Å². The lowest BCUT2D eigenvalue weighted by atomic mass is 9.89. The van der Waals surface area contributed by atoms with Crippen molar-refractivity contribution in [3.8, 4) is 5.75 Å². The zero-order valence-corrected chi connectivity index (χ0v) is 25.2. The summed E-state index contributed by atoms with van der Waals surface area (Å²) in [6.45, 7) is 2.12. The molecule has 0 saturated heterocycles. The third kappa shape index (κ3) is 9.77. The Hall–Kier alpha value is -1.99. The molecule has 2 aliphatic carbocycles. The first-order valence-corrected chi connectivity index (χ1v) is 16.4. The van der Waals surface area contributed by atoms with E-state index in [1.807, 2.05) is 23.9 Å². The second kappa shape index (κ2) is 15.5. The average molecular weight is 592 g/mol. The number of nitrogens with zero attached hydrogens (tertiary/aromatic N) is 1. The highest BCUT2D eigenvalue weighted by Crippen LogP contribution is 2.41. The van der Waals surface area contributed by atoms with Gasteiger partial charge in [0.15, 0.2) is 11.6 Å². The predicted octanol–water partition coefficient (Wildman–Crippen LogP) is 9.89. The maximum atomic E-state index is 14.4. The fraction of sp³-hybridized carbons (Fsp3) is 0.588. The van der Waals surface area contributed by atoms with E-state index < -0.39 is 11.7 Å². The highest BCUT2D eigenvalue weighted by atomic mass is 32.2. The SMILES string of the molecule is CN(CCCCCCC1=C(c2ccc(F)cc2)CCCc2cc(O)c(F)cc21)CCCCSC1CCC(F)(F)CC1. The molecule has 4 rings (SSSR count). The fourth-order valence-corrected chi connectivity index (χ4v) is 7.45. The molecule has 1 N–H and O–H groups in total. The van der Waals surface area contributed by atoms with E-state index in [1.165, 1.54) is 18.2 Å². The number of halogens is 4. The molecule has 226 valence electrons. The predicted molar refractivity (Wildman–Crippen MR) is 164 cm³/mol. The van der Waals surface area contributed by atoms with E-state index in [4.69, 9.17) is 0 Å². The van der Waals surface area contributed by atoms with Crippen molar-refractivity contribution in [2.45, 2.75) is 101 Å². The summed E-state index contributed by atoms with van der Waals surface area (Å²) in [4.78, 5) is 2.39. The maximum absolute atomic E-state index is 14.4. The number of alkyl halides is 2. The van der Waals surface area contributed by atoms with Gasteiger partial charge in [-0.25, -0.2) is 17.6 Å². The number of benzene rings is 2. The van der Waals surface area contributed by atoms with Gasteiger partial charge in [-0.1, -0.05) is 25.0 Å². The van der Waals surface area contributed by atoms with Crippen LogP contribution in [0.3, 0.4) is 0 Å². The van der Waals surface area contributed by atoms with Crippen molar-refractivity contribution in [1.29, 1.82) is 0 Å². The van der Waals surface area contributed by atoms with E-state index in [0.717, 1.165) is 111 Å². The molecule has 0 spiro atoms. The van der Waals surface area contributed by atoms with E-state index in [9.17, 15) is 22.7 Å². The molecule has 2 aliphatic rings. The van der Waals surface area contributed by atoms with E-state index >= 15 is 0 Å². The van der Waals surface area contributed by atoms with Crippen LogP contribution in [0.15, 0.2) is 36.4 Å². The highest BCUT2D eigenvalue weighted by molar-refractivity contribution is 7.99. The quantitative estimate of drug-likeness (QED) is 0.175. The van der Waals surface area contributed by atoms with Gasteiger partial charge < -0.3 is 10.0 Å². The van der Waals surface area contributed by atoms with Gasteiger partial charge >= 0.3 is 0 Å². The molecule has 41 heavy (non-hydrogen) atoms. The van der Waals surface area contributed by atoms with Gasteiger partial charge in [-0.2, -0.15) is 11.8 Å². The molecule has 7 heteroatoms. The van der Waals surface area contributed by atoms with Crippen molar-refractivity contribution < 1.29 is 22.7 Å². The molecular weight excluding hydrogens is 546 g/mol. The molecule has 2 aromatic rings. The van der Waals surface area contributed by atoms with E-state index in [1.54, 1.807) is 6.07 Å². The number of rotatable bonds is 14. The van der Waals surface area contributed by atoms with Crippen molar-refractivity contribution in [2.24, 2.45) is 0 Å². The van der Waals surface area contributed by atoms with Crippen molar-refractivity contribution in [3.05, 3.63) is 64.7 Å². The Labute approximate surface area is 247 Å². The summed E-state index contributed by atoms with van der Waals surface area (Å²) in [6.07, 6.45) is 11.4. The third-order valence-corrected chi connectivity index (χ3v) is 10.1. The van der Waals surface area contributed by atoms with Gasteiger partial charge in [-0.3, -0.25) is 0 Å². The van der Waals surface area contributed by atoms with Gasteiger partial charge in [-0.05, 0) is 142 Å². The minimum atomic E-state index is -2.44. The number of allylic oxidation sites excluding steroid dienone is 2. The second-order valence-electron chi connectivity index (χ2n) is 11.9. The summed E-state index contributed by atoms with van der Waals surface area (Å²) in [5.74, 6) is -2.53. The van der Waals surface area contributed by atoms with Crippen molar-refractivity contribution in [3.63, 3.8) is 0 Å². The summed E-state index contributed by atoms with van der Waals surface area (Å²) in [5, 5.41) is 10.4. The molecule has 0 atom stereocenters. The zero-order chi connectivity index (χ0) is 29.2. The minimum absolute atomic E-state index is 0.0524. The molecule has 2 nitrogen and oxygen atoms in total. The topological polar surface area (TPSA) is 23.5 Å². The first-order chi connectivity index (χ1) is 19.7. The molecule has 0 aliphatic heterocycles. The van der Waals surface area contributed by atoms with E-state index in [0.29, 0.717) is 18.1 Å². The van der Waals surface area contributed by atoms with Crippen LogP contribution in [0.25, 0.3) is 11.1 Å². The van der Waals surface area contributed by atoms with Crippen molar-refractivity contribution in [1.82, 2.24) is 4.90 Å². The molecule has 0 unspecified atom stereocenters. The molecule has 0 radical (unpaired) electrons. The average Bonchev–Trinajstić information content (AvgIpc) is 3.11. The lowest BCUT2D eigenvalue weighted by Gasteiger charge is -2.27. The lowest BCUT2D eigenvalue weighted by Crippen LogP contribution is -2.26. The van der Waals surface area contributed by atoms with E-state index in [2.05, 4.69) is 11.9 Å². The Kier molecular flexibility index (Phi) is 12.1. The van der Waals surface area contributed by atoms with Gasteiger partial charge in [0.1, 0.15) is 5.82 Å². The third-order valence-electron chi connectivity index (χ3n) is 8.60. The maximum Gasteiger partial charge on any atom is 0.248 e. The van der Waals surface area contributed by atoms with Gasteiger partial charge in [0.2, 0.25) is 5.92 Å². The van der Waals surface area contributed by atoms with Crippen LogP contribution < -0.4 is 0 Å². The van der Waals surface area contributed by atoms with Crippen LogP contribution in [0.1, 0.15) is 100 Å². The van der Waals surface area contributed by atoms with Gasteiger partial charge in [-0.15, -0.1) is 0 Å². The molecule has 2 aromatic carbocycles. The van der Waals surface area contributed by atoms with Crippen LogP contribution in [0.4, 0.5) is 17.6 Å². The van der Waals surface area contributed by atoms with Crippen LogP contribution >= 0.6 is 11.8 Å². The molecule has 0 amide bonds. The van der Waals surface area contributed by atoms with Crippen LogP contribution in [0.5, 0.6) is 5.75 Å². The first-order valence-electron chi connectivity index (χ1n) is 15.4.